The van der Waals surface area contributed by atoms with Crippen molar-refractivity contribution in [3.63, 3.8) is 0 Å². The molecule has 100 valence electrons. The molecule has 2 N–H and O–H groups in total. The van der Waals surface area contributed by atoms with Gasteiger partial charge in [0.2, 0.25) is 0 Å². The maximum Gasteiger partial charge on any atom is 0.146 e. The van der Waals surface area contributed by atoms with Crippen LogP contribution in [0.25, 0.3) is 0 Å². The highest BCUT2D eigenvalue weighted by Crippen LogP contribution is 2.26. The molecule has 0 heterocycles. The van der Waals surface area contributed by atoms with Crippen LogP contribution in [-0.2, 0) is 0 Å². The van der Waals surface area contributed by atoms with Crippen LogP contribution in [0, 0.1) is 0 Å². The van der Waals surface area contributed by atoms with Gasteiger partial charge in [-0.2, -0.15) is 0 Å². The first kappa shape index (κ1) is 13.1. The van der Waals surface area contributed by atoms with Crippen LogP contribution in [0.2, 0.25) is 0 Å². The zero-order chi connectivity index (χ0) is 13.5. The molecule has 0 fully saturated rings. The zero-order valence-corrected chi connectivity index (χ0v) is 10.8. The molecule has 0 amide bonds. The topological polar surface area (TPSA) is 53.7 Å². The summed E-state index contributed by atoms with van der Waals surface area (Å²) in [7, 11) is 1.60. The van der Waals surface area contributed by atoms with Crippen LogP contribution < -0.4 is 19.9 Å². The normalized spacial score (nSPS) is 9.95. The van der Waals surface area contributed by atoms with Crippen molar-refractivity contribution in [3.05, 3.63) is 48.5 Å². The molecule has 19 heavy (non-hydrogen) atoms. The third-order valence-corrected chi connectivity index (χ3v) is 2.57. The highest BCUT2D eigenvalue weighted by molar-refractivity contribution is 5.55. The number of nitrogen functional groups attached to an aromatic ring is 1. The summed E-state index contributed by atoms with van der Waals surface area (Å²) in [5.74, 6) is 2.15. The summed E-state index contributed by atoms with van der Waals surface area (Å²) in [6, 6.07) is 14.9. The van der Waals surface area contributed by atoms with Crippen LogP contribution in [0.5, 0.6) is 17.2 Å². The lowest BCUT2D eigenvalue weighted by molar-refractivity contribution is 0.217. The molecule has 0 aliphatic heterocycles. The molecule has 0 aliphatic rings. The highest BCUT2D eigenvalue weighted by Gasteiger charge is 2.02. The van der Waals surface area contributed by atoms with Gasteiger partial charge >= 0.3 is 0 Å². The number of nitrogens with two attached hydrogens (primary N) is 1. The SMILES string of the molecule is COc1ccc(N)c(OCCOc2ccccc2)c1. The number of anilines is 1. The maximum absolute atomic E-state index is 5.82. The van der Waals surface area contributed by atoms with E-state index in [2.05, 4.69) is 0 Å². The molecule has 0 saturated carbocycles. The van der Waals surface area contributed by atoms with E-state index < -0.39 is 0 Å². The molecule has 0 bridgehead atoms. The summed E-state index contributed by atoms with van der Waals surface area (Å²) in [4.78, 5) is 0. The number of rotatable bonds is 6. The van der Waals surface area contributed by atoms with E-state index in [4.69, 9.17) is 19.9 Å². The third-order valence-electron chi connectivity index (χ3n) is 2.57. The summed E-state index contributed by atoms with van der Waals surface area (Å²) in [5.41, 5.74) is 6.40. The van der Waals surface area contributed by atoms with Crippen molar-refractivity contribution < 1.29 is 14.2 Å². The monoisotopic (exact) mass is 259 g/mol. The lowest BCUT2D eigenvalue weighted by Crippen LogP contribution is -2.10. The van der Waals surface area contributed by atoms with Crippen LogP contribution in [0.1, 0.15) is 0 Å². The number of hydrogen-bond acceptors (Lipinski definition) is 4. The number of benzene rings is 2. The minimum absolute atomic E-state index is 0.423. The Balaban J connectivity index is 1.82. The maximum atomic E-state index is 5.82. The van der Waals surface area contributed by atoms with Crippen LogP contribution >= 0.6 is 0 Å². The van der Waals surface area contributed by atoms with E-state index in [0.717, 1.165) is 5.75 Å². The number of para-hydroxylation sites is 1. The lowest BCUT2D eigenvalue weighted by Gasteiger charge is -2.11. The predicted octanol–water partition coefficient (Wildman–Crippen LogP) is 2.74. The Hall–Kier alpha value is -2.36. The molecule has 0 saturated heterocycles. The first-order chi connectivity index (χ1) is 9.29. The number of ether oxygens (including phenoxy) is 3. The van der Waals surface area contributed by atoms with Crippen molar-refractivity contribution in [1.82, 2.24) is 0 Å². The molecular weight excluding hydrogens is 242 g/mol. The Morgan fingerprint density at radius 3 is 2.37 bits per heavy atom. The average Bonchev–Trinajstić information content (AvgIpc) is 2.46. The standard InChI is InChI=1S/C15H17NO3/c1-17-13-7-8-14(16)15(11-13)19-10-9-18-12-5-3-2-4-6-12/h2-8,11H,9-10,16H2,1H3. The summed E-state index contributed by atoms with van der Waals surface area (Å²) in [5, 5.41) is 0. The van der Waals surface area contributed by atoms with E-state index in [1.54, 1.807) is 25.3 Å². The molecule has 0 aliphatic carbocycles. The molecule has 0 aromatic heterocycles. The van der Waals surface area contributed by atoms with Crippen LogP contribution in [0.4, 0.5) is 5.69 Å². The minimum Gasteiger partial charge on any atom is -0.497 e. The average molecular weight is 259 g/mol. The largest absolute Gasteiger partial charge is 0.497 e. The molecule has 0 atom stereocenters. The van der Waals surface area contributed by atoms with Gasteiger partial charge in [0.25, 0.3) is 0 Å². The third kappa shape index (κ3) is 3.81. The minimum atomic E-state index is 0.423. The van der Waals surface area contributed by atoms with Gasteiger partial charge in [-0.15, -0.1) is 0 Å². The molecule has 0 spiro atoms. The Labute approximate surface area is 112 Å². The van der Waals surface area contributed by atoms with E-state index in [1.165, 1.54) is 0 Å². The fraction of sp³-hybridized carbons (Fsp3) is 0.200. The molecule has 4 nitrogen and oxygen atoms in total. The molecular formula is C15H17NO3. The molecule has 2 rings (SSSR count). The van der Waals surface area contributed by atoms with Gasteiger partial charge < -0.3 is 19.9 Å². The Kier molecular flexibility index (Phi) is 4.50. The van der Waals surface area contributed by atoms with Gasteiger partial charge in [-0.1, -0.05) is 18.2 Å². The van der Waals surface area contributed by atoms with E-state index in [0.29, 0.717) is 30.4 Å². The Morgan fingerprint density at radius 2 is 1.63 bits per heavy atom. The summed E-state index contributed by atoms with van der Waals surface area (Å²) in [6.07, 6.45) is 0. The van der Waals surface area contributed by atoms with E-state index in [9.17, 15) is 0 Å². The first-order valence-electron chi connectivity index (χ1n) is 6.04. The quantitative estimate of drug-likeness (QED) is 0.640. The fourth-order valence-electron chi connectivity index (χ4n) is 1.59. The van der Waals surface area contributed by atoms with Crippen LogP contribution in [0.3, 0.4) is 0 Å². The smallest absolute Gasteiger partial charge is 0.146 e. The van der Waals surface area contributed by atoms with Crippen molar-refractivity contribution >= 4 is 5.69 Å². The molecule has 0 unspecified atom stereocenters. The summed E-state index contributed by atoms with van der Waals surface area (Å²) in [6.45, 7) is 0.882. The van der Waals surface area contributed by atoms with Crippen LogP contribution in [0.15, 0.2) is 48.5 Å². The second kappa shape index (κ2) is 6.54. The summed E-state index contributed by atoms with van der Waals surface area (Å²) >= 11 is 0. The molecule has 2 aromatic rings. The van der Waals surface area contributed by atoms with Crippen molar-refractivity contribution in [3.8, 4) is 17.2 Å². The van der Waals surface area contributed by atoms with E-state index >= 15 is 0 Å². The van der Waals surface area contributed by atoms with Crippen molar-refractivity contribution in [1.29, 1.82) is 0 Å². The lowest BCUT2D eigenvalue weighted by atomic mass is 10.3. The zero-order valence-electron chi connectivity index (χ0n) is 10.8. The van der Waals surface area contributed by atoms with Crippen molar-refractivity contribution in [2.75, 3.05) is 26.1 Å². The first-order valence-corrected chi connectivity index (χ1v) is 6.04. The second-order valence-electron chi connectivity index (χ2n) is 3.91. The predicted molar refractivity (Wildman–Crippen MR) is 74.8 cm³/mol. The number of hydrogen-bond donors (Lipinski definition) is 1. The second-order valence-corrected chi connectivity index (χ2v) is 3.91. The fourth-order valence-corrected chi connectivity index (χ4v) is 1.59. The molecule has 2 aromatic carbocycles. The Bertz CT molecular complexity index is 514. The number of methoxy groups -OCH3 is 1. The van der Waals surface area contributed by atoms with Crippen molar-refractivity contribution in [2.45, 2.75) is 0 Å². The summed E-state index contributed by atoms with van der Waals surface area (Å²) < 4.78 is 16.2. The highest BCUT2D eigenvalue weighted by atomic mass is 16.5. The van der Waals surface area contributed by atoms with E-state index in [1.807, 2.05) is 30.3 Å². The van der Waals surface area contributed by atoms with Crippen molar-refractivity contribution in [2.24, 2.45) is 0 Å². The van der Waals surface area contributed by atoms with Gasteiger partial charge in [-0.25, -0.2) is 0 Å². The molecule has 4 heteroatoms. The molecule has 0 radical (unpaired) electrons. The van der Waals surface area contributed by atoms with Gasteiger partial charge in [-0.05, 0) is 24.3 Å². The van der Waals surface area contributed by atoms with Gasteiger partial charge in [0, 0.05) is 6.07 Å². The van der Waals surface area contributed by atoms with Gasteiger partial charge in [0.05, 0.1) is 12.8 Å². The van der Waals surface area contributed by atoms with Gasteiger partial charge in [0.15, 0.2) is 0 Å². The van der Waals surface area contributed by atoms with E-state index in [-0.39, 0.29) is 0 Å². The van der Waals surface area contributed by atoms with Gasteiger partial charge in [-0.3, -0.25) is 0 Å². The van der Waals surface area contributed by atoms with Gasteiger partial charge in [0.1, 0.15) is 30.5 Å². The Morgan fingerprint density at radius 1 is 0.895 bits per heavy atom. The van der Waals surface area contributed by atoms with Crippen LogP contribution in [-0.4, -0.2) is 20.3 Å².